The average molecular weight is 328 g/mol. The Kier molecular flexibility index (Phi) is 4.97. The van der Waals surface area contributed by atoms with Gasteiger partial charge >= 0.3 is 0 Å². The van der Waals surface area contributed by atoms with Crippen LogP contribution >= 0.6 is 11.6 Å². The second-order valence-electron chi connectivity index (χ2n) is 4.02. The molecule has 0 saturated carbocycles. The zero-order valence-electron chi connectivity index (χ0n) is 10.0. The summed E-state index contributed by atoms with van der Waals surface area (Å²) in [6.45, 7) is 1.34. The number of nitrogens with two attached hydrogens (primary N) is 1. The maximum atomic E-state index is 11.6. The van der Waals surface area contributed by atoms with Gasteiger partial charge in [0.25, 0.3) is 10.1 Å². The van der Waals surface area contributed by atoms with E-state index in [1.54, 1.807) is 0 Å². The molecule has 0 aliphatic rings. The van der Waals surface area contributed by atoms with E-state index in [0.29, 0.717) is 5.56 Å². The van der Waals surface area contributed by atoms with Crippen LogP contribution < -0.4 is 5.73 Å². The van der Waals surface area contributed by atoms with Gasteiger partial charge in [0.15, 0.2) is 9.84 Å². The highest BCUT2D eigenvalue weighted by atomic mass is 35.5. The van der Waals surface area contributed by atoms with Gasteiger partial charge in [-0.15, -0.1) is 11.6 Å². The molecule has 0 amide bonds. The highest BCUT2D eigenvalue weighted by molar-refractivity contribution is 7.93. The van der Waals surface area contributed by atoms with Crippen LogP contribution in [-0.2, 0) is 20.0 Å². The van der Waals surface area contributed by atoms with Crippen LogP contribution in [-0.4, -0.2) is 31.9 Å². The number of rotatable bonds is 5. The van der Waals surface area contributed by atoms with Crippen molar-refractivity contribution in [1.29, 1.82) is 0 Å². The summed E-state index contributed by atoms with van der Waals surface area (Å²) in [5, 5.41) is 0. The minimum absolute atomic E-state index is 0.281. The van der Waals surface area contributed by atoms with Gasteiger partial charge in [0.1, 0.15) is 4.71 Å². The molecule has 0 saturated heterocycles. The number of sulfone groups is 1. The van der Waals surface area contributed by atoms with E-state index in [0.717, 1.165) is 12.1 Å². The normalized spacial score (nSPS) is 16.0. The summed E-state index contributed by atoms with van der Waals surface area (Å²) >= 11 is 5.53. The molecule has 0 spiro atoms. The lowest BCUT2D eigenvalue weighted by atomic mass is 10.1. The van der Waals surface area contributed by atoms with Crippen molar-refractivity contribution in [3.63, 3.8) is 0 Å². The Bertz CT molecular complexity index is 637. The Morgan fingerprint density at radius 1 is 1.21 bits per heavy atom. The molecule has 0 radical (unpaired) electrons. The van der Waals surface area contributed by atoms with Crippen LogP contribution in [0.2, 0.25) is 0 Å². The van der Waals surface area contributed by atoms with Crippen LogP contribution in [0.25, 0.3) is 0 Å². The molecule has 1 aromatic carbocycles. The van der Waals surface area contributed by atoms with Gasteiger partial charge in [-0.3, -0.25) is 4.55 Å². The molecule has 0 aliphatic carbocycles. The van der Waals surface area contributed by atoms with Crippen molar-refractivity contribution >= 4 is 31.6 Å². The van der Waals surface area contributed by atoms with E-state index in [1.807, 2.05) is 0 Å². The first-order valence-electron chi connectivity index (χ1n) is 5.22. The third kappa shape index (κ3) is 4.43. The van der Waals surface area contributed by atoms with E-state index in [4.69, 9.17) is 21.9 Å². The predicted molar refractivity (Wildman–Crippen MR) is 72.3 cm³/mol. The molecule has 108 valence electrons. The van der Waals surface area contributed by atoms with Gasteiger partial charge in [0.2, 0.25) is 0 Å². The van der Waals surface area contributed by atoms with Crippen molar-refractivity contribution in [2.24, 2.45) is 5.73 Å². The minimum atomic E-state index is -4.27. The van der Waals surface area contributed by atoms with E-state index >= 15 is 0 Å². The molecule has 0 fully saturated rings. The highest BCUT2D eigenvalue weighted by Crippen LogP contribution is 2.18. The van der Waals surface area contributed by atoms with E-state index in [1.165, 1.54) is 19.1 Å². The quantitative estimate of drug-likeness (QED) is 0.614. The number of alkyl halides is 1. The largest absolute Gasteiger partial charge is 0.323 e. The van der Waals surface area contributed by atoms with Crippen LogP contribution in [0.4, 0.5) is 0 Å². The maximum Gasteiger partial charge on any atom is 0.294 e. The molecule has 1 aromatic rings. The zero-order chi connectivity index (χ0) is 14.8. The van der Waals surface area contributed by atoms with Crippen molar-refractivity contribution in [2.45, 2.75) is 22.6 Å². The van der Waals surface area contributed by atoms with Crippen molar-refractivity contribution in [2.75, 3.05) is 5.75 Å². The molecule has 0 aliphatic heterocycles. The molecule has 0 bridgehead atoms. The lowest BCUT2D eigenvalue weighted by Gasteiger charge is -2.14. The monoisotopic (exact) mass is 327 g/mol. The summed E-state index contributed by atoms with van der Waals surface area (Å²) in [4.78, 5) is -0.281. The second-order valence-corrected chi connectivity index (χ2v) is 8.72. The summed E-state index contributed by atoms with van der Waals surface area (Å²) < 4.78 is 52.6. The average Bonchev–Trinajstić information content (AvgIpc) is 2.27. The van der Waals surface area contributed by atoms with Crippen molar-refractivity contribution in [3.8, 4) is 0 Å². The van der Waals surface area contributed by atoms with Gasteiger partial charge in [0, 0.05) is 6.04 Å². The van der Waals surface area contributed by atoms with Gasteiger partial charge in [-0.2, -0.15) is 8.42 Å². The van der Waals surface area contributed by atoms with Crippen molar-refractivity contribution in [3.05, 3.63) is 29.8 Å². The molecule has 3 N–H and O–H groups in total. The Labute approximate surface area is 117 Å². The number of halogens is 1. The fourth-order valence-corrected chi connectivity index (χ4v) is 3.02. The maximum absolute atomic E-state index is 11.6. The summed E-state index contributed by atoms with van der Waals surface area (Å²) in [6, 6.07) is 4.19. The molecule has 1 rings (SSSR count). The molecular formula is C10H14ClNO5S2. The Morgan fingerprint density at radius 3 is 2.05 bits per heavy atom. The smallest absolute Gasteiger partial charge is 0.294 e. The number of hydrogen-bond donors (Lipinski definition) is 2. The van der Waals surface area contributed by atoms with Crippen LogP contribution in [0.1, 0.15) is 18.5 Å². The SMILES string of the molecule is CC(Cl)S(=O)(=O)CC(N)c1ccc(S(=O)(=O)O)cc1. The topological polar surface area (TPSA) is 115 Å². The Hall–Kier alpha value is -0.670. The van der Waals surface area contributed by atoms with E-state index in [-0.39, 0.29) is 10.6 Å². The molecular weight excluding hydrogens is 314 g/mol. The van der Waals surface area contributed by atoms with Gasteiger partial charge in [-0.25, -0.2) is 8.42 Å². The molecule has 6 nitrogen and oxygen atoms in total. The van der Waals surface area contributed by atoms with Crippen LogP contribution in [0, 0.1) is 0 Å². The van der Waals surface area contributed by atoms with Gasteiger partial charge in [-0.05, 0) is 24.6 Å². The lowest BCUT2D eigenvalue weighted by molar-refractivity contribution is 0.483. The Balaban J connectivity index is 2.94. The summed E-state index contributed by atoms with van der Waals surface area (Å²) in [6.07, 6.45) is 0. The van der Waals surface area contributed by atoms with E-state index in [2.05, 4.69) is 0 Å². The second kappa shape index (κ2) is 5.76. The first kappa shape index (κ1) is 16.4. The lowest BCUT2D eigenvalue weighted by Crippen LogP contribution is -2.25. The molecule has 0 aromatic heterocycles. The minimum Gasteiger partial charge on any atom is -0.323 e. The first-order valence-corrected chi connectivity index (χ1v) is 8.82. The van der Waals surface area contributed by atoms with Gasteiger partial charge in [-0.1, -0.05) is 12.1 Å². The van der Waals surface area contributed by atoms with Crippen molar-refractivity contribution < 1.29 is 21.4 Å². The standard InChI is InChI=1S/C10H14ClNO5S2/c1-7(11)18(13,14)6-10(12)8-2-4-9(5-3-8)19(15,16)17/h2-5,7,10H,6,12H2,1H3,(H,15,16,17). The highest BCUT2D eigenvalue weighted by Gasteiger charge is 2.23. The van der Waals surface area contributed by atoms with Crippen LogP contribution in [0.3, 0.4) is 0 Å². The predicted octanol–water partition coefficient (Wildman–Crippen LogP) is 0.933. The van der Waals surface area contributed by atoms with Crippen molar-refractivity contribution in [1.82, 2.24) is 0 Å². The van der Waals surface area contributed by atoms with E-state index in [9.17, 15) is 16.8 Å². The Morgan fingerprint density at radius 2 is 1.68 bits per heavy atom. The molecule has 2 atom stereocenters. The molecule has 0 heterocycles. The van der Waals surface area contributed by atoms with Crippen LogP contribution in [0.15, 0.2) is 29.2 Å². The summed E-state index contributed by atoms with van der Waals surface area (Å²) in [5.74, 6) is -0.344. The molecule has 9 heteroatoms. The first-order chi connectivity index (χ1) is 8.54. The van der Waals surface area contributed by atoms with Gasteiger partial charge < -0.3 is 5.73 Å². The fraction of sp³-hybridized carbons (Fsp3) is 0.400. The summed E-state index contributed by atoms with van der Waals surface area (Å²) in [7, 11) is -7.79. The molecule has 2 unspecified atom stereocenters. The van der Waals surface area contributed by atoms with Gasteiger partial charge in [0.05, 0.1) is 10.6 Å². The number of hydrogen-bond acceptors (Lipinski definition) is 5. The van der Waals surface area contributed by atoms with Crippen LogP contribution in [0.5, 0.6) is 0 Å². The summed E-state index contributed by atoms with van der Waals surface area (Å²) in [5.41, 5.74) is 6.17. The molecule has 19 heavy (non-hydrogen) atoms. The van der Waals surface area contributed by atoms with E-state index < -0.39 is 30.7 Å². The fourth-order valence-electron chi connectivity index (χ4n) is 1.37. The third-order valence-electron chi connectivity index (χ3n) is 2.51. The zero-order valence-corrected chi connectivity index (χ0v) is 12.4. The number of benzene rings is 1. The third-order valence-corrected chi connectivity index (χ3v) is 6.01.